The Bertz CT molecular complexity index is 419. The van der Waals surface area contributed by atoms with E-state index in [2.05, 4.69) is 13.8 Å². The van der Waals surface area contributed by atoms with Crippen molar-refractivity contribution in [1.82, 2.24) is 0 Å². The van der Waals surface area contributed by atoms with Crippen LogP contribution in [0.2, 0.25) is 0 Å². The summed E-state index contributed by atoms with van der Waals surface area (Å²) in [5.41, 5.74) is 11.7. The highest BCUT2D eigenvalue weighted by molar-refractivity contribution is 5.91. The summed E-state index contributed by atoms with van der Waals surface area (Å²) in [6, 6.07) is 0. The second kappa shape index (κ2) is 24.0. The summed E-state index contributed by atoms with van der Waals surface area (Å²) in [5, 5.41) is 0. The molecule has 0 aromatic heterocycles. The zero-order chi connectivity index (χ0) is 24.6. The zero-order valence-corrected chi connectivity index (χ0v) is 21.8. The lowest BCUT2D eigenvalue weighted by Gasteiger charge is -2.15. The molecule has 2 unspecified atom stereocenters. The van der Waals surface area contributed by atoms with Gasteiger partial charge in [0.1, 0.15) is 6.42 Å². The van der Waals surface area contributed by atoms with Gasteiger partial charge < -0.3 is 9.47 Å². The maximum Gasteiger partial charge on any atom is 0.318 e. The molecule has 0 bridgehead atoms. The largest absolute Gasteiger partial charge is 0.446 e. The van der Waals surface area contributed by atoms with Crippen molar-refractivity contribution in [2.24, 2.45) is 11.5 Å². The molecule has 0 saturated heterocycles. The number of ether oxygens (including phenoxy) is 2. The predicted molar refractivity (Wildman–Crippen MR) is 136 cm³/mol. The number of carbonyl (C=O) groups is 2. The number of hydrogen-bond donors (Lipinski definition) is 2. The van der Waals surface area contributed by atoms with E-state index >= 15 is 0 Å². The first-order valence-corrected chi connectivity index (χ1v) is 13.9. The Morgan fingerprint density at radius 2 is 0.788 bits per heavy atom. The molecule has 0 heterocycles. The molecule has 4 N–H and O–H groups in total. The summed E-state index contributed by atoms with van der Waals surface area (Å²) in [4.78, 5) is 23.8. The topological polar surface area (TPSA) is 105 Å². The molecular formula is C27H54N2O4. The van der Waals surface area contributed by atoms with E-state index in [1.54, 1.807) is 0 Å². The molecule has 0 saturated carbocycles. The van der Waals surface area contributed by atoms with Crippen LogP contribution in [-0.2, 0) is 19.1 Å². The fourth-order valence-corrected chi connectivity index (χ4v) is 3.97. The second-order valence-corrected chi connectivity index (χ2v) is 9.47. The van der Waals surface area contributed by atoms with Gasteiger partial charge in [0.25, 0.3) is 0 Å². The molecule has 2 atom stereocenters. The molecule has 0 aromatic carbocycles. The summed E-state index contributed by atoms with van der Waals surface area (Å²) in [6.07, 6.45) is 21.5. The van der Waals surface area contributed by atoms with Crippen LogP contribution < -0.4 is 11.5 Å². The van der Waals surface area contributed by atoms with E-state index in [1.165, 1.54) is 89.9 Å². The van der Waals surface area contributed by atoms with E-state index in [-0.39, 0.29) is 0 Å². The van der Waals surface area contributed by atoms with Crippen molar-refractivity contribution < 1.29 is 19.1 Å². The van der Waals surface area contributed by atoms with Crippen molar-refractivity contribution in [2.75, 3.05) is 0 Å². The van der Waals surface area contributed by atoms with E-state index in [0.29, 0.717) is 12.8 Å². The van der Waals surface area contributed by atoms with Crippen LogP contribution in [0.3, 0.4) is 0 Å². The minimum Gasteiger partial charge on any atom is -0.446 e. The molecule has 0 aliphatic carbocycles. The maximum absolute atomic E-state index is 11.9. The van der Waals surface area contributed by atoms with E-state index in [9.17, 15) is 9.59 Å². The van der Waals surface area contributed by atoms with Gasteiger partial charge in [-0.05, 0) is 25.7 Å². The van der Waals surface area contributed by atoms with Crippen molar-refractivity contribution in [1.29, 1.82) is 0 Å². The molecule has 0 aliphatic heterocycles. The monoisotopic (exact) mass is 470 g/mol. The molecule has 33 heavy (non-hydrogen) atoms. The summed E-state index contributed by atoms with van der Waals surface area (Å²) < 4.78 is 10.3. The third-order valence-corrected chi connectivity index (χ3v) is 6.04. The van der Waals surface area contributed by atoms with Crippen LogP contribution >= 0.6 is 0 Å². The Labute approximate surface area is 203 Å². The summed E-state index contributed by atoms with van der Waals surface area (Å²) >= 11 is 0. The highest BCUT2D eigenvalue weighted by Gasteiger charge is 2.17. The standard InChI is InChI=1S/C27H54N2O4/c1-3-5-7-9-11-13-15-17-19-21-24(28)32-26(30)23-27(31)33-25(29)22-20-18-16-14-12-10-8-6-4-2/h24-25H,3-23,28-29H2,1-2H3. The number of esters is 2. The fraction of sp³-hybridized carbons (Fsp3) is 0.926. The van der Waals surface area contributed by atoms with Crippen LogP contribution in [-0.4, -0.2) is 24.4 Å². The van der Waals surface area contributed by atoms with Crippen LogP contribution in [0.25, 0.3) is 0 Å². The van der Waals surface area contributed by atoms with Gasteiger partial charge in [-0.3, -0.25) is 21.1 Å². The number of unbranched alkanes of at least 4 members (excludes halogenated alkanes) is 16. The van der Waals surface area contributed by atoms with Gasteiger partial charge in [0.15, 0.2) is 12.5 Å². The number of nitrogens with two attached hydrogens (primary N) is 2. The van der Waals surface area contributed by atoms with Gasteiger partial charge in [-0.2, -0.15) is 0 Å². The molecular weight excluding hydrogens is 416 g/mol. The van der Waals surface area contributed by atoms with E-state index in [0.717, 1.165) is 25.7 Å². The van der Waals surface area contributed by atoms with Crippen LogP contribution in [0.1, 0.15) is 149 Å². The first-order chi connectivity index (χ1) is 16.0. The van der Waals surface area contributed by atoms with Gasteiger partial charge in [0.05, 0.1) is 0 Å². The molecule has 0 spiro atoms. The van der Waals surface area contributed by atoms with E-state index in [1.807, 2.05) is 0 Å². The fourth-order valence-electron chi connectivity index (χ4n) is 3.97. The summed E-state index contributed by atoms with van der Waals surface area (Å²) in [7, 11) is 0. The lowest BCUT2D eigenvalue weighted by molar-refractivity contribution is -0.160. The maximum atomic E-state index is 11.9. The smallest absolute Gasteiger partial charge is 0.318 e. The number of hydrogen-bond acceptors (Lipinski definition) is 6. The molecule has 6 nitrogen and oxygen atoms in total. The highest BCUT2D eigenvalue weighted by atomic mass is 16.6. The van der Waals surface area contributed by atoms with E-state index in [4.69, 9.17) is 20.9 Å². The van der Waals surface area contributed by atoms with Gasteiger partial charge in [0, 0.05) is 0 Å². The normalized spacial score (nSPS) is 13.0. The predicted octanol–water partition coefficient (Wildman–Crippen LogP) is 6.87. The Morgan fingerprint density at radius 1 is 0.515 bits per heavy atom. The average molecular weight is 471 g/mol. The van der Waals surface area contributed by atoms with Crippen molar-refractivity contribution >= 4 is 11.9 Å². The van der Waals surface area contributed by atoms with Crippen LogP contribution in [0.5, 0.6) is 0 Å². The van der Waals surface area contributed by atoms with Gasteiger partial charge in [-0.25, -0.2) is 0 Å². The molecule has 0 amide bonds. The van der Waals surface area contributed by atoms with Gasteiger partial charge in [0.2, 0.25) is 0 Å². The SMILES string of the molecule is CCCCCCCCCCCC(N)OC(=O)CC(=O)OC(N)CCCCCCCCCCC. The van der Waals surface area contributed by atoms with E-state index < -0.39 is 30.8 Å². The molecule has 196 valence electrons. The molecule has 0 aliphatic rings. The Kier molecular flexibility index (Phi) is 23.2. The van der Waals surface area contributed by atoms with Crippen LogP contribution in [0.4, 0.5) is 0 Å². The Morgan fingerprint density at radius 3 is 1.09 bits per heavy atom. The quantitative estimate of drug-likeness (QED) is 0.0690. The first-order valence-electron chi connectivity index (χ1n) is 13.9. The number of carbonyl (C=O) groups excluding carboxylic acids is 2. The van der Waals surface area contributed by atoms with Crippen molar-refractivity contribution in [3.63, 3.8) is 0 Å². The minimum absolute atomic E-state index is 0.434. The Hall–Kier alpha value is -1.14. The Balaban J connectivity index is 3.61. The lowest BCUT2D eigenvalue weighted by atomic mass is 10.1. The first kappa shape index (κ1) is 31.9. The lowest BCUT2D eigenvalue weighted by Crippen LogP contribution is -2.31. The molecule has 0 radical (unpaired) electrons. The second-order valence-electron chi connectivity index (χ2n) is 9.47. The summed E-state index contributed by atoms with van der Waals surface area (Å²) in [6.45, 7) is 4.46. The van der Waals surface area contributed by atoms with Crippen LogP contribution in [0.15, 0.2) is 0 Å². The molecule has 0 aromatic rings. The third kappa shape index (κ3) is 23.8. The average Bonchev–Trinajstić information content (AvgIpc) is 2.76. The molecule has 0 fully saturated rings. The highest BCUT2D eigenvalue weighted by Crippen LogP contribution is 2.13. The van der Waals surface area contributed by atoms with Crippen molar-refractivity contribution in [2.45, 2.75) is 161 Å². The molecule has 6 heteroatoms. The zero-order valence-electron chi connectivity index (χ0n) is 21.8. The van der Waals surface area contributed by atoms with Crippen molar-refractivity contribution in [3.05, 3.63) is 0 Å². The third-order valence-electron chi connectivity index (χ3n) is 6.04. The van der Waals surface area contributed by atoms with Gasteiger partial charge in [-0.1, -0.05) is 117 Å². The molecule has 0 rings (SSSR count). The van der Waals surface area contributed by atoms with Crippen molar-refractivity contribution in [3.8, 4) is 0 Å². The van der Waals surface area contributed by atoms with Gasteiger partial charge >= 0.3 is 11.9 Å². The number of rotatable bonds is 24. The summed E-state index contributed by atoms with van der Waals surface area (Å²) in [5.74, 6) is -1.28. The van der Waals surface area contributed by atoms with Gasteiger partial charge in [-0.15, -0.1) is 0 Å². The van der Waals surface area contributed by atoms with Crippen LogP contribution in [0, 0.1) is 0 Å². The minimum atomic E-state index is -0.662.